The van der Waals surface area contributed by atoms with Crippen LogP contribution in [0.1, 0.15) is 30.7 Å². The van der Waals surface area contributed by atoms with Crippen LogP contribution in [0.5, 0.6) is 0 Å². The highest BCUT2D eigenvalue weighted by molar-refractivity contribution is 7.18. The number of carbonyl (C=O) groups is 1. The molecular formula is C18H23N3O2S. The van der Waals surface area contributed by atoms with E-state index in [1.54, 1.807) is 11.3 Å². The van der Waals surface area contributed by atoms with Crippen molar-refractivity contribution in [3.05, 3.63) is 29.3 Å². The largest absolute Gasteiger partial charge is 0.364 e. The normalized spacial score (nSPS) is 24.2. The Morgan fingerprint density at radius 3 is 3.12 bits per heavy atom. The van der Waals surface area contributed by atoms with E-state index in [9.17, 15) is 4.79 Å². The van der Waals surface area contributed by atoms with Crippen molar-refractivity contribution >= 4 is 27.5 Å². The molecule has 0 radical (unpaired) electrons. The van der Waals surface area contributed by atoms with Gasteiger partial charge >= 0.3 is 0 Å². The molecule has 6 heteroatoms. The molecule has 5 nitrogen and oxygen atoms in total. The van der Waals surface area contributed by atoms with Crippen LogP contribution in [-0.2, 0) is 16.1 Å². The van der Waals surface area contributed by atoms with Gasteiger partial charge in [0.1, 0.15) is 11.6 Å². The molecule has 0 spiro atoms. The Kier molecular flexibility index (Phi) is 4.78. The fourth-order valence-electron chi connectivity index (χ4n) is 3.88. The summed E-state index contributed by atoms with van der Waals surface area (Å²) in [5.74, 6) is -0.00599. The quantitative estimate of drug-likeness (QED) is 0.905. The standard InChI is InChI=1S/C18H23N3O2S/c22-17(19-13-8-10-21-9-4-3-6-15(13)21)11-23-12-18-20-14-5-1-2-7-16(14)24-18/h1-2,5,7,13,15H,3-4,6,8-12H2,(H,19,22)/t13-,15-/m1/s1. The molecule has 1 amide bonds. The van der Waals surface area contributed by atoms with Crippen LogP contribution >= 0.6 is 11.3 Å². The van der Waals surface area contributed by atoms with Crippen LogP contribution < -0.4 is 5.32 Å². The van der Waals surface area contributed by atoms with E-state index in [1.165, 1.54) is 25.8 Å². The van der Waals surface area contributed by atoms with Crippen molar-refractivity contribution in [2.45, 2.75) is 44.4 Å². The molecule has 4 rings (SSSR count). The van der Waals surface area contributed by atoms with Crippen molar-refractivity contribution < 1.29 is 9.53 Å². The minimum absolute atomic E-state index is 0.00599. The Labute approximate surface area is 146 Å². The number of rotatable bonds is 5. The van der Waals surface area contributed by atoms with Crippen molar-refractivity contribution in [2.75, 3.05) is 19.7 Å². The number of hydrogen-bond donors (Lipinski definition) is 1. The van der Waals surface area contributed by atoms with Crippen LogP contribution in [0, 0.1) is 0 Å². The van der Waals surface area contributed by atoms with Crippen LogP contribution in [0.25, 0.3) is 10.2 Å². The third kappa shape index (κ3) is 3.45. The monoisotopic (exact) mass is 345 g/mol. The first-order chi connectivity index (χ1) is 11.8. The van der Waals surface area contributed by atoms with E-state index >= 15 is 0 Å². The van der Waals surface area contributed by atoms with Crippen molar-refractivity contribution in [1.82, 2.24) is 15.2 Å². The number of carbonyl (C=O) groups excluding carboxylic acids is 1. The van der Waals surface area contributed by atoms with E-state index in [0.717, 1.165) is 28.2 Å². The smallest absolute Gasteiger partial charge is 0.246 e. The lowest BCUT2D eigenvalue weighted by Crippen LogP contribution is -2.47. The zero-order valence-electron chi connectivity index (χ0n) is 13.7. The molecule has 2 fully saturated rings. The highest BCUT2D eigenvalue weighted by Gasteiger charge is 2.36. The van der Waals surface area contributed by atoms with Gasteiger partial charge in [0.25, 0.3) is 0 Å². The first-order valence-electron chi connectivity index (χ1n) is 8.75. The number of aromatic nitrogens is 1. The minimum atomic E-state index is -0.00599. The fraction of sp³-hybridized carbons (Fsp3) is 0.556. The molecule has 1 aromatic carbocycles. The van der Waals surface area contributed by atoms with Gasteiger partial charge in [0.2, 0.25) is 5.91 Å². The van der Waals surface area contributed by atoms with Gasteiger partial charge in [0.15, 0.2) is 0 Å². The lowest BCUT2D eigenvalue weighted by atomic mass is 9.99. The van der Waals surface area contributed by atoms with Crippen LogP contribution in [0.3, 0.4) is 0 Å². The van der Waals surface area contributed by atoms with Crippen molar-refractivity contribution in [3.63, 3.8) is 0 Å². The maximum atomic E-state index is 12.2. The first-order valence-corrected chi connectivity index (χ1v) is 9.57. The topological polar surface area (TPSA) is 54.5 Å². The molecule has 1 N–H and O–H groups in total. The van der Waals surface area contributed by atoms with Gasteiger partial charge in [-0.2, -0.15) is 0 Å². The van der Waals surface area contributed by atoms with Gasteiger partial charge < -0.3 is 10.1 Å². The van der Waals surface area contributed by atoms with Crippen LogP contribution in [0.4, 0.5) is 0 Å². The summed E-state index contributed by atoms with van der Waals surface area (Å²) in [6, 6.07) is 8.87. The number of thiazole rings is 1. The molecule has 128 valence electrons. The molecule has 0 aliphatic carbocycles. The molecule has 2 aromatic rings. The summed E-state index contributed by atoms with van der Waals surface area (Å²) in [6.07, 6.45) is 4.84. The van der Waals surface area contributed by atoms with Gasteiger partial charge in [-0.25, -0.2) is 4.98 Å². The summed E-state index contributed by atoms with van der Waals surface area (Å²) in [5, 5.41) is 4.09. The summed E-state index contributed by atoms with van der Waals surface area (Å²) in [7, 11) is 0. The summed E-state index contributed by atoms with van der Waals surface area (Å²) in [5.41, 5.74) is 0.994. The Bertz CT molecular complexity index is 684. The lowest BCUT2D eigenvalue weighted by Gasteiger charge is -2.32. The Morgan fingerprint density at radius 1 is 1.29 bits per heavy atom. The Balaban J connectivity index is 1.24. The molecule has 24 heavy (non-hydrogen) atoms. The number of benzene rings is 1. The van der Waals surface area contributed by atoms with Crippen molar-refractivity contribution in [3.8, 4) is 0 Å². The molecule has 2 atom stereocenters. The van der Waals surface area contributed by atoms with E-state index in [4.69, 9.17) is 4.74 Å². The zero-order chi connectivity index (χ0) is 16.4. The summed E-state index contributed by atoms with van der Waals surface area (Å²) in [4.78, 5) is 19.2. The van der Waals surface area contributed by atoms with E-state index in [2.05, 4.69) is 21.3 Å². The molecular weight excluding hydrogens is 322 g/mol. The van der Waals surface area contributed by atoms with E-state index < -0.39 is 0 Å². The molecule has 0 bridgehead atoms. The molecule has 3 heterocycles. The molecule has 0 unspecified atom stereocenters. The number of para-hydroxylation sites is 1. The number of hydrogen-bond acceptors (Lipinski definition) is 5. The van der Waals surface area contributed by atoms with Crippen LogP contribution in [-0.4, -0.2) is 47.6 Å². The second-order valence-electron chi connectivity index (χ2n) is 6.63. The summed E-state index contributed by atoms with van der Waals surface area (Å²) >= 11 is 1.62. The average molecular weight is 345 g/mol. The predicted octanol–water partition coefficient (Wildman–Crippen LogP) is 2.56. The Morgan fingerprint density at radius 2 is 2.21 bits per heavy atom. The number of fused-ring (bicyclic) bond motifs is 2. The van der Waals surface area contributed by atoms with Gasteiger partial charge in [0, 0.05) is 18.6 Å². The molecule has 2 saturated heterocycles. The zero-order valence-corrected chi connectivity index (χ0v) is 14.6. The first kappa shape index (κ1) is 16.0. The number of piperidine rings is 1. The average Bonchev–Trinajstić information content (AvgIpc) is 3.19. The second kappa shape index (κ2) is 7.17. The summed E-state index contributed by atoms with van der Waals surface area (Å²) < 4.78 is 6.74. The Hall–Kier alpha value is -1.50. The van der Waals surface area contributed by atoms with Gasteiger partial charge in [-0.3, -0.25) is 9.69 Å². The van der Waals surface area contributed by atoms with Crippen LogP contribution in [0.2, 0.25) is 0 Å². The lowest BCUT2D eigenvalue weighted by molar-refractivity contribution is -0.127. The number of ether oxygens (including phenoxy) is 1. The third-order valence-corrected chi connectivity index (χ3v) is 6.01. The second-order valence-corrected chi connectivity index (χ2v) is 7.75. The highest BCUT2D eigenvalue weighted by atomic mass is 32.1. The summed E-state index contributed by atoms with van der Waals surface area (Å²) in [6.45, 7) is 2.81. The number of amides is 1. The van der Waals surface area contributed by atoms with E-state index in [-0.39, 0.29) is 12.5 Å². The number of nitrogens with one attached hydrogen (secondary N) is 1. The van der Waals surface area contributed by atoms with Gasteiger partial charge in [0.05, 0.1) is 16.8 Å². The maximum absolute atomic E-state index is 12.2. The maximum Gasteiger partial charge on any atom is 0.246 e. The number of nitrogens with zero attached hydrogens (tertiary/aromatic N) is 2. The van der Waals surface area contributed by atoms with Gasteiger partial charge in [-0.15, -0.1) is 11.3 Å². The predicted molar refractivity (Wildman–Crippen MR) is 95.0 cm³/mol. The van der Waals surface area contributed by atoms with Crippen molar-refractivity contribution in [1.29, 1.82) is 0 Å². The minimum Gasteiger partial charge on any atom is -0.364 e. The molecule has 0 saturated carbocycles. The fourth-order valence-corrected chi connectivity index (χ4v) is 4.78. The molecule has 2 aliphatic rings. The van der Waals surface area contributed by atoms with Crippen LogP contribution in [0.15, 0.2) is 24.3 Å². The molecule has 1 aromatic heterocycles. The molecule has 2 aliphatic heterocycles. The van der Waals surface area contributed by atoms with Gasteiger partial charge in [-0.1, -0.05) is 18.6 Å². The SMILES string of the molecule is O=C(COCc1nc2ccccc2s1)N[C@@H]1CCN2CCCC[C@H]12. The van der Waals surface area contributed by atoms with E-state index in [1.807, 2.05) is 18.2 Å². The van der Waals surface area contributed by atoms with Crippen molar-refractivity contribution in [2.24, 2.45) is 0 Å². The highest BCUT2D eigenvalue weighted by Crippen LogP contribution is 2.27. The third-order valence-electron chi connectivity index (χ3n) is 5.00. The van der Waals surface area contributed by atoms with E-state index in [0.29, 0.717) is 18.7 Å². The van der Waals surface area contributed by atoms with Gasteiger partial charge in [-0.05, 0) is 37.9 Å².